The lowest BCUT2D eigenvalue weighted by Crippen LogP contribution is -1.99. The molecule has 56 valence electrons. The van der Waals surface area contributed by atoms with E-state index in [0.29, 0.717) is 13.0 Å². The molecule has 0 fully saturated rings. The molecular formula is C8H9N3. The summed E-state index contributed by atoms with van der Waals surface area (Å²) in [6.45, 7) is 3.96. The van der Waals surface area contributed by atoms with Crippen molar-refractivity contribution in [1.29, 1.82) is 5.26 Å². The second-order valence-electron chi connectivity index (χ2n) is 2.12. The van der Waals surface area contributed by atoms with Gasteiger partial charge in [0.2, 0.25) is 0 Å². The monoisotopic (exact) mass is 147 g/mol. The first-order valence-corrected chi connectivity index (χ1v) is 3.36. The van der Waals surface area contributed by atoms with Crippen LogP contribution in [0.3, 0.4) is 0 Å². The Bertz CT molecular complexity index is 280. The van der Waals surface area contributed by atoms with Crippen molar-refractivity contribution in [3.05, 3.63) is 30.9 Å². The first-order valence-electron chi connectivity index (χ1n) is 3.36. The number of imidazole rings is 1. The number of hydrogen-bond donors (Lipinski definition) is 0. The highest BCUT2D eigenvalue weighted by molar-refractivity contribution is 4.99. The molecule has 0 amide bonds. The van der Waals surface area contributed by atoms with Crippen molar-refractivity contribution in [2.75, 3.05) is 0 Å². The fourth-order valence-corrected chi connectivity index (χ4v) is 0.879. The largest absolute Gasteiger partial charge is 0.321 e. The number of nitriles is 1. The summed E-state index contributed by atoms with van der Waals surface area (Å²) < 4.78 is 1.81. The Morgan fingerprint density at radius 1 is 1.82 bits per heavy atom. The summed E-state index contributed by atoms with van der Waals surface area (Å²) in [4.78, 5) is 4.07. The Labute approximate surface area is 65.6 Å². The highest BCUT2D eigenvalue weighted by Crippen LogP contribution is 1.97. The van der Waals surface area contributed by atoms with E-state index in [-0.39, 0.29) is 0 Å². The molecule has 1 aromatic rings. The van der Waals surface area contributed by atoms with Crippen LogP contribution in [-0.2, 0) is 13.0 Å². The van der Waals surface area contributed by atoms with Gasteiger partial charge in [-0.2, -0.15) is 5.26 Å². The summed E-state index contributed by atoms with van der Waals surface area (Å²) in [5, 5.41) is 8.41. The van der Waals surface area contributed by atoms with Gasteiger partial charge in [-0.15, -0.1) is 6.58 Å². The highest BCUT2D eigenvalue weighted by Gasteiger charge is 1.97. The Morgan fingerprint density at radius 2 is 2.64 bits per heavy atom. The summed E-state index contributed by atoms with van der Waals surface area (Å²) in [5.41, 5.74) is 0. The Morgan fingerprint density at radius 3 is 3.27 bits per heavy atom. The molecule has 0 aliphatic carbocycles. The molecule has 0 aliphatic rings. The topological polar surface area (TPSA) is 41.6 Å². The van der Waals surface area contributed by atoms with Gasteiger partial charge in [0.15, 0.2) is 0 Å². The standard InChI is InChI=1S/C8H9N3/c1-2-3-8-10-5-7-11(8)6-4-9/h2,5,7H,1,3,6H2. The molecule has 0 aromatic carbocycles. The van der Waals surface area contributed by atoms with E-state index in [4.69, 9.17) is 5.26 Å². The van der Waals surface area contributed by atoms with Gasteiger partial charge in [0, 0.05) is 18.8 Å². The Balaban J connectivity index is 2.79. The lowest BCUT2D eigenvalue weighted by molar-refractivity contribution is 0.770. The van der Waals surface area contributed by atoms with Crippen molar-refractivity contribution in [3.8, 4) is 6.07 Å². The van der Waals surface area contributed by atoms with Crippen LogP contribution in [0, 0.1) is 11.3 Å². The van der Waals surface area contributed by atoms with Gasteiger partial charge >= 0.3 is 0 Å². The van der Waals surface area contributed by atoms with Crippen LogP contribution < -0.4 is 0 Å². The van der Waals surface area contributed by atoms with Gasteiger partial charge in [-0.05, 0) is 0 Å². The van der Waals surface area contributed by atoms with Crippen LogP contribution >= 0.6 is 0 Å². The normalized spacial score (nSPS) is 9.00. The zero-order valence-electron chi connectivity index (χ0n) is 6.20. The minimum Gasteiger partial charge on any atom is -0.321 e. The lowest BCUT2D eigenvalue weighted by atomic mass is 10.4. The fourth-order valence-electron chi connectivity index (χ4n) is 0.879. The molecule has 0 unspecified atom stereocenters. The molecule has 0 radical (unpaired) electrons. The lowest BCUT2D eigenvalue weighted by Gasteiger charge is -1.98. The van der Waals surface area contributed by atoms with Crippen molar-refractivity contribution >= 4 is 0 Å². The maximum atomic E-state index is 8.41. The average Bonchev–Trinajstić information content (AvgIpc) is 2.39. The molecule has 0 N–H and O–H groups in total. The van der Waals surface area contributed by atoms with Crippen LogP contribution in [0.15, 0.2) is 25.0 Å². The second kappa shape index (κ2) is 3.57. The predicted octanol–water partition coefficient (Wildman–Crippen LogP) is 1.14. The van der Waals surface area contributed by atoms with E-state index in [9.17, 15) is 0 Å². The molecule has 1 rings (SSSR count). The molecular weight excluding hydrogens is 138 g/mol. The molecule has 0 saturated heterocycles. The van der Waals surface area contributed by atoms with E-state index >= 15 is 0 Å². The summed E-state index contributed by atoms with van der Waals surface area (Å²) in [5.74, 6) is 0.890. The zero-order valence-corrected chi connectivity index (χ0v) is 6.20. The van der Waals surface area contributed by atoms with Gasteiger partial charge < -0.3 is 4.57 Å². The van der Waals surface area contributed by atoms with Crippen LogP contribution in [0.25, 0.3) is 0 Å². The summed E-state index contributed by atoms with van der Waals surface area (Å²) in [6, 6.07) is 2.06. The van der Waals surface area contributed by atoms with E-state index < -0.39 is 0 Å². The minimum absolute atomic E-state index is 0.364. The number of allylic oxidation sites excluding steroid dienone is 1. The molecule has 11 heavy (non-hydrogen) atoms. The number of hydrogen-bond acceptors (Lipinski definition) is 2. The molecule has 0 saturated carbocycles. The van der Waals surface area contributed by atoms with Crippen LogP contribution in [-0.4, -0.2) is 9.55 Å². The predicted molar refractivity (Wildman–Crippen MR) is 41.7 cm³/mol. The third-order valence-electron chi connectivity index (χ3n) is 1.37. The Kier molecular flexibility index (Phi) is 2.45. The summed E-state index contributed by atoms with van der Waals surface area (Å²) in [6.07, 6.45) is 5.98. The van der Waals surface area contributed by atoms with Crippen molar-refractivity contribution in [2.24, 2.45) is 0 Å². The number of nitrogens with zero attached hydrogens (tertiary/aromatic N) is 3. The molecule has 0 atom stereocenters. The van der Waals surface area contributed by atoms with Crippen LogP contribution in [0.1, 0.15) is 5.82 Å². The molecule has 0 bridgehead atoms. The second-order valence-corrected chi connectivity index (χ2v) is 2.12. The van der Waals surface area contributed by atoms with Gasteiger partial charge in [0.1, 0.15) is 12.4 Å². The van der Waals surface area contributed by atoms with E-state index in [1.807, 2.05) is 4.57 Å². The van der Waals surface area contributed by atoms with Crippen LogP contribution in [0.2, 0.25) is 0 Å². The maximum absolute atomic E-state index is 8.41. The smallest absolute Gasteiger partial charge is 0.113 e. The zero-order chi connectivity index (χ0) is 8.10. The average molecular weight is 147 g/mol. The van der Waals surface area contributed by atoms with Crippen LogP contribution in [0.5, 0.6) is 0 Å². The quantitative estimate of drug-likeness (QED) is 0.601. The van der Waals surface area contributed by atoms with Gasteiger partial charge in [0.05, 0.1) is 6.07 Å². The molecule has 1 aromatic heterocycles. The molecule has 0 spiro atoms. The van der Waals surface area contributed by atoms with Gasteiger partial charge in [0.25, 0.3) is 0 Å². The van der Waals surface area contributed by atoms with Crippen molar-refractivity contribution < 1.29 is 0 Å². The summed E-state index contributed by atoms with van der Waals surface area (Å²) >= 11 is 0. The van der Waals surface area contributed by atoms with E-state index in [0.717, 1.165) is 5.82 Å². The van der Waals surface area contributed by atoms with E-state index in [2.05, 4.69) is 17.6 Å². The SMILES string of the molecule is C=CCc1nccn1CC#N. The first kappa shape index (κ1) is 7.55. The van der Waals surface area contributed by atoms with Gasteiger partial charge in [-0.1, -0.05) is 6.08 Å². The molecule has 3 nitrogen and oxygen atoms in total. The minimum atomic E-state index is 0.364. The van der Waals surface area contributed by atoms with Gasteiger partial charge in [-0.3, -0.25) is 0 Å². The third-order valence-corrected chi connectivity index (χ3v) is 1.37. The van der Waals surface area contributed by atoms with Crippen molar-refractivity contribution in [3.63, 3.8) is 0 Å². The Hall–Kier alpha value is -1.56. The maximum Gasteiger partial charge on any atom is 0.113 e. The van der Waals surface area contributed by atoms with Gasteiger partial charge in [-0.25, -0.2) is 4.98 Å². The van der Waals surface area contributed by atoms with E-state index in [1.54, 1.807) is 18.5 Å². The van der Waals surface area contributed by atoms with E-state index in [1.165, 1.54) is 0 Å². The number of aromatic nitrogens is 2. The van der Waals surface area contributed by atoms with Crippen molar-refractivity contribution in [2.45, 2.75) is 13.0 Å². The first-order chi connectivity index (χ1) is 5.38. The molecule has 0 aliphatic heterocycles. The summed E-state index contributed by atoms with van der Waals surface area (Å²) in [7, 11) is 0. The fraction of sp³-hybridized carbons (Fsp3) is 0.250. The molecule has 1 heterocycles. The van der Waals surface area contributed by atoms with Crippen molar-refractivity contribution in [1.82, 2.24) is 9.55 Å². The van der Waals surface area contributed by atoms with Crippen LogP contribution in [0.4, 0.5) is 0 Å². The third kappa shape index (κ3) is 1.68. The number of rotatable bonds is 3. The highest BCUT2D eigenvalue weighted by atomic mass is 15.1. The molecule has 3 heteroatoms.